The molecule has 1 aliphatic heterocycles. The van der Waals surface area contributed by atoms with Gasteiger partial charge in [0.15, 0.2) is 11.5 Å². The van der Waals surface area contributed by atoms with E-state index < -0.39 is 0 Å². The predicted octanol–water partition coefficient (Wildman–Crippen LogP) is 3.49. The van der Waals surface area contributed by atoms with Crippen molar-refractivity contribution in [2.75, 3.05) is 12.1 Å². The van der Waals surface area contributed by atoms with Gasteiger partial charge in [0.2, 0.25) is 6.79 Å². The van der Waals surface area contributed by atoms with Crippen molar-refractivity contribution in [3.05, 3.63) is 46.2 Å². The SMILES string of the molecule is Cc1nc(Br)ccc1NCc1ccc2c(c1)OCO2. The van der Waals surface area contributed by atoms with Crippen LogP contribution in [0.3, 0.4) is 0 Å². The molecule has 0 unspecified atom stereocenters. The zero-order chi connectivity index (χ0) is 13.2. The van der Waals surface area contributed by atoms with Crippen molar-refractivity contribution in [1.82, 2.24) is 4.98 Å². The lowest BCUT2D eigenvalue weighted by atomic mass is 10.2. The molecule has 19 heavy (non-hydrogen) atoms. The van der Waals surface area contributed by atoms with Crippen LogP contribution in [0.15, 0.2) is 34.9 Å². The monoisotopic (exact) mass is 320 g/mol. The molecule has 3 rings (SSSR count). The van der Waals surface area contributed by atoms with Crippen LogP contribution < -0.4 is 14.8 Å². The van der Waals surface area contributed by atoms with Gasteiger partial charge in [-0.05, 0) is 52.7 Å². The van der Waals surface area contributed by atoms with Crippen LogP contribution in [0.1, 0.15) is 11.3 Å². The van der Waals surface area contributed by atoms with E-state index in [1.54, 1.807) is 0 Å². The summed E-state index contributed by atoms with van der Waals surface area (Å²) < 4.78 is 11.5. The lowest BCUT2D eigenvalue weighted by Gasteiger charge is -2.09. The summed E-state index contributed by atoms with van der Waals surface area (Å²) in [6.45, 7) is 3.01. The van der Waals surface area contributed by atoms with E-state index in [-0.39, 0.29) is 0 Å². The Hall–Kier alpha value is -1.75. The summed E-state index contributed by atoms with van der Waals surface area (Å²) in [5.74, 6) is 1.62. The van der Waals surface area contributed by atoms with E-state index in [9.17, 15) is 0 Å². The maximum atomic E-state index is 5.36. The van der Waals surface area contributed by atoms with Crippen molar-refractivity contribution in [2.45, 2.75) is 13.5 Å². The lowest BCUT2D eigenvalue weighted by Crippen LogP contribution is -2.02. The first-order valence-electron chi connectivity index (χ1n) is 5.98. The molecule has 0 radical (unpaired) electrons. The Morgan fingerprint density at radius 1 is 1.21 bits per heavy atom. The number of benzene rings is 1. The van der Waals surface area contributed by atoms with Crippen molar-refractivity contribution >= 4 is 21.6 Å². The third kappa shape index (κ3) is 2.66. The van der Waals surface area contributed by atoms with E-state index >= 15 is 0 Å². The van der Waals surface area contributed by atoms with Gasteiger partial charge < -0.3 is 14.8 Å². The van der Waals surface area contributed by atoms with Gasteiger partial charge >= 0.3 is 0 Å². The molecular weight excluding hydrogens is 308 g/mol. The largest absolute Gasteiger partial charge is 0.454 e. The first-order chi connectivity index (χ1) is 9.22. The number of hydrogen-bond acceptors (Lipinski definition) is 4. The Labute approximate surface area is 119 Å². The minimum Gasteiger partial charge on any atom is -0.454 e. The van der Waals surface area contributed by atoms with Crippen molar-refractivity contribution in [3.8, 4) is 11.5 Å². The second-order valence-electron chi connectivity index (χ2n) is 4.31. The Kier molecular flexibility index (Phi) is 3.29. The van der Waals surface area contributed by atoms with Gasteiger partial charge in [-0.2, -0.15) is 0 Å². The molecule has 5 heteroatoms. The molecule has 0 atom stereocenters. The Balaban J connectivity index is 1.72. The molecule has 0 amide bonds. The van der Waals surface area contributed by atoms with Gasteiger partial charge in [0.05, 0.1) is 11.4 Å². The third-order valence-corrected chi connectivity index (χ3v) is 3.41. The van der Waals surface area contributed by atoms with Crippen molar-refractivity contribution in [3.63, 3.8) is 0 Å². The molecule has 2 heterocycles. The Morgan fingerprint density at radius 3 is 2.89 bits per heavy atom. The standard InChI is InChI=1S/C14H13BrN2O2/c1-9-11(3-5-14(15)17-9)16-7-10-2-4-12-13(6-10)19-8-18-12/h2-6,16H,7-8H2,1H3. The summed E-state index contributed by atoms with van der Waals surface area (Å²) in [7, 11) is 0. The van der Waals surface area contributed by atoms with Crippen LogP contribution in [0.5, 0.6) is 11.5 Å². The lowest BCUT2D eigenvalue weighted by molar-refractivity contribution is 0.174. The minimum atomic E-state index is 0.307. The first-order valence-corrected chi connectivity index (χ1v) is 6.77. The highest BCUT2D eigenvalue weighted by atomic mass is 79.9. The number of nitrogens with zero attached hydrogens (tertiary/aromatic N) is 1. The minimum absolute atomic E-state index is 0.307. The van der Waals surface area contributed by atoms with E-state index in [0.717, 1.165) is 39.6 Å². The highest BCUT2D eigenvalue weighted by Gasteiger charge is 2.13. The van der Waals surface area contributed by atoms with Crippen LogP contribution in [0.4, 0.5) is 5.69 Å². The highest BCUT2D eigenvalue weighted by molar-refractivity contribution is 9.10. The van der Waals surface area contributed by atoms with E-state index in [1.165, 1.54) is 0 Å². The van der Waals surface area contributed by atoms with Crippen LogP contribution >= 0.6 is 15.9 Å². The van der Waals surface area contributed by atoms with Crippen molar-refractivity contribution < 1.29 is 9.47 Å². The van der Waals surface area contributed by atoms with E-state index in [4.69, 9.17) is 9.47 Å². The highest BCUT2D eigenvalue weighted by Crippen LogP contribution is 2.32. The molecule has 4 nitrogen and oxygen atoms in total. The van der Waals surface area contributed by atoms with Gasteiger partial charge in [0, 0.05) is 6.54 Å². The van der Waals surface area contributed by atoms with Gasteiger partial charge in [0.25, 0.3) is 0 Å². The average Bonchev–Trinajstić information content (AvgIpc) is 2.85. The van der Waals surface area contributed by atoms with Crippen LogP contribution in [-0.2, 0) is 6.54 Å². The number of nitrogens with one attached hydrogen (secondary N) is 1. The molecule has 1 N–H and O–H groups in total. The number of hydrogen-bond donors (Lipinski definition) is 1. The van der Waals surface area contributed by atoms with E-state index in [1.807, 2.05) is 37.3 Å². The molecule has 1 aromatic heterocycles. The molecule has 98 valence electrons. The first kappa shape index (κ1) is 12.3. The number of aromatic nitrogens is 1. The van der Waals surface area contributed by atoms with Crippen LogP contribution in [-0.4, -0.2) is 11.8 Å². The summed E-state index contributed by atoms with van der Waals surface area (Å²) in [5, 5.41) is 3.37. The van der Waals surface area contributed by atoms with Crippen LogP contribution in [0, 0.1) is 6.92 Å². The smallest absolute Gasteiger partial charge is 0.231 e. The number of ether oxygens (including phenoxy) is 2. The maximum Gasteiger partial charge on any atom is 0.231 e. The number of anilines is 1. The molecule has 0 bridgehead atoms. The van der Waals surface area contributed by atoms with Crippen molar-refractivity contribution in [1.29, 1.82) is 0 Å². The summed E-state index contributed by atoms with van der Waals surface area (Å²) in [6.07, 6.45) is 0. The zero-order valence-electron chi connectivity index (χ0n) is 10.4. The van der Waals surface area contributed by atoms with Crippen LogP contribution in [0.25, 0.3) is 0 Å². The number of halogens is 1. The van der Waals surface area contributed by atoms with Gasteiger partial charge in [-0.1, -0.05) is 6.07 Å². The molecular formula is C14H13BrN2O2. The number of aryl methyl sites for hydroxylation is 1. The molecule has 1 aromatic carbocycles. The fourth-order valence-corrected chi connectivity index (χ4v) is 2.36. The van der Waals surface area contributed by atoms with Crippen molar-refractivity contribution in [2.24, 2.45) is 0 Å². The Bertz CT molecular complexity index is 616. The molecule has 0 spiro atoms. The summed E-state index contributed by atoms with van der Waals surface area (Å²) >= 11 is 3.36. The predicted molar refractivity (Wildman–Crippen MR) is 76.6 cm³/mol. The summed E-state index contributed by atoms with van der Waals surface area (Å²) in [4.78, 5) is 4.35. The molecule has 0 aliphatic carbocycles. The van der Waals surface area contributed by atoms with Gasteiger partial charge in [-0.25, -0.2) is 4.98 Å². The maximum absolute atomic E-state index is 5.36. The van der Waals surface area contributed by atoms with E-state index in [0.29, 0.717) is 6.79 Å². The number of pyridine rings is 1. The third-order valence-electron chi connectivity index (χ3n) is 2.97. The van der Waals surface area contributed by atoms with Gasteiger partial charge in [0.1, 0.15) is 4.60 Å². The van der Waals surface area contributed by atoms with Gasteiger partial charge in [-0.3, -0.25) is 0 Å². The number of rotatable bonds is 3. The molecule has 1 aliphatic rings. The van der Waals surface area contributed by atoms with E-state index in [2.05, 4.69) is 26.2 Å². The Morgan fingerprint density at radius 2 is 2.05 bits per heavy atom. The second-order valence-corrected chi connectivity index (χ2v) is 5.12. The number of fused-ring (bicyclic) bond motifs is 1. The molecule has 0 saturated carbocycles. The fraction of sp³-hybridized carbons (Fsp3) is 0.214. The van der Waals surface area contributed by atoms with Gasteiger partial charge in [-0.15, -0.1) is 0 Å². The molecule has 0 fully saturated rings. The molecule has 0 saturated heterocycles. The van der Waals surface area contributed by atoms with Crippen LogP contribution in [0.2, 0.25) is 0 Å². The normalized spacial score (nSPS) is 12.5. The second kappa shape index (κ2) is 5.09. The summed E-state index contributed by atoms with van der Waals surface area (Å²) in [6, 6.07) is 9.90. The topological polar surface area (TPSA) is 43.4 Å². The summed E-state index contributed by atoms with van der Waals surface area (Å²) in [5.41, 5.74) is 3.14. The quantitative estimate of drug-likeness (QED) is 0.879. The zero-order valence-corrected chi connectivity index (χ0v) is 12.0. The fourth-order valence-electron chi connectivity index (χ4n) is 1.97. The molecule has 2 aromatic rings. The average molecular weight is 321 g/mol.